The number of nitrogens with zero attached hydrogens (tertiary/aromatic N) is 1. The number of nitrogens with one attached hydrogen (secondary N) is 2. The first kappa shape index (κ1) is 12.4. The van der Waals surface area contributed by atoms with Crippen LogP contribution < -0.4 is 10.6 Å². The normalized spacial score (nSPS) is 24.9. The summed E-state index contributed by atoms with van der Waals surface area (Å²) < 4.78 is 0. The first-order chi connectivity index (χ1) is 8.20. The first-order valence-electron chi connectivity index (χ1n) is 6.49. The topological polar surface area (TPSA) is 61.4 Å². The molecular weight excluding hydrogens is 218 g/mol. The van der Waals surface area contributed by atoms with Gasteiger partial charge in [0.2, 0.25) is 11.8 Å². The monoisotopic (exact) mass is 239 g/mol. The molecule has 0 bridgehead atoms. The molecule has 1 aliphatic carbocycles. The Labute approximate surface area is 102 Å². The van der Waals surface area contributed by atoms with Crippen molar-refractivity contribution in [1.82, 2.24) is 15.5 Å². The number of rotatable bonds is 5. The van der Waals surface area contributed by atoms with Gasteiger partial charge in [0, 0.05) is 26.2 Å². The van der Waals surface area contributed by atoms with Crippen LogP contribution in [0.15, 0.2) is 0 Å². The van der Waals surface area contributed by atoms with E-state index in [0.29, 0.717) is 12.5 Å². The fourth-order valence-electron chi connectivity index (χ4n) is 2.20. The number of piperazine rings is 1. The van der Waals surface area contributed by atoms with Crippen molar-refractivity contribution in [2.24, 2.45) is 5.92 Å². The van der Waals surface area contributed by atoms with Crippen molar-refractivity contribution in [3.8, 4) is 0 Å². The average Bonchev–Trinajstić information content (AvgIpc) is 3.08. The maximum absolute atomic E-state index is 12.1. The molecule has 0 aromatic rings. The lowest BCUT2D eigenvalue weighted by molar-refractivity contribution is -0.138. The van der Waals surface area contributed by atoms with Gasteiger partial charge in [0.1, 0.15) is 0 Å². The summed E-state index contributed by atoms with van der Waals surface area (Å²) in [6.45, 7) is 4.95. The van der Waals surface area contributed by atoms with E-state index in [1.807, 2.05) is 11.8 Å². The smallest absolute Gasteiger partial charge is 0.240 e. The van der Waals surface area contributed by atoms with E-state index in [1.165, 1.54) is 12.8 Å². The lowest BCUT2D eigenvalue weighted by Gasteiger charge is -2.33. The highest BCUT2D eigenvalue weighted by molar-refractivity contribution is 5.88. The van der Waals surface area contributed by atoms with Crippen LogP contribution in [-0.4, -0.2) is 48.9 Å². The highest BCUT2D eigenvalue weighted by Gasteiger charge is 2.33. The largest absolute Gasteiger partial charge is 0.356 e. The van der Waals surface area contributed by atoms with Gasteiger partial charge >= 0.3 is 0 Å². The minimum absolute atomic E-state index is 0.0494. The molecule has 1 saturated carbocycles. The number of carbonyl (C=O) groups excluding carboxylic acids is 2. The molecule has 2 amide bonds. The summed E-state index contributed by atoms with van der Waals surface area (Å²) in [5, 5.41) is 5.86. The molecule has 5 heteroatoms. The fraction of sp³-hybridized carbons (Fsp3) is 0.833. The Morgan fingerprint density at radius 1 is 1.53 bits per heavy atom. The quantitative estimate of drug-likeness (QED) is 0.694. The van der Waals surface area contributed by atoms with Gasteiger partial charge in [-0.25, -0.2) is 0 Å². The molecule has 2 rings (SSSR count). The predicted molar refractivity (Wildman–Crippen MR) is 64.4 cm³/mol. The van der Waals surface area contributed by atoms with Crippen LogP contribution in [0.5, 0.6) is 0 Å². The molecule has 0 aromatic heterocycles. The van der Waals surface area contributed by atoms with Crippen LogP contribution in [0.2, 0.25) is 0 Å². The van der Waals surface area contributed by atoms with Crippen LogP contribution in [-0.2, 0) is 9.59 Å². The molecule has 17 heavy (non-hydrogen) atoms. The molecule has 2 N–H and O–H groups in total. The van der Waals surface area contributed by atoms with Gasteiger partial charge in [-0.1, -0.05) is 0 Å². The van der Waals surface area contributed by atoms with Crippen molar-refractivity contribution in [3.05, 3.63) is 0 Å². The van der Waals surface area contributed by atoms with Gasteiger partial charge in [0.05, 0.1) is 12.5 Å². The van der Waals surface area contributed by atoms with Crippen molar-refractivity contribution in [2.75, 3.05) is 26.2 Å². The predicted octanol–water partition coefficient (Wildman–Crippen LogP) is -0.277. The summed E-state index contributed by atoms with van der Waals surface area (Å²) >= 11 is 0. The third kappa shape index (κ3) is 3.43. The molecule has 1 atom stereocenters. The number of hydrogen-bond donors (Lipinski definition) is 2. The number of hydrogen-bond acceptors (Lipinski definition) is 3. The van der Waals surface area contributed by atoms with Gasteiger partial charge in [-0.05, 0) is 25.7 Å². The van der Waals surface area contributed by atoms with Crippen LogP contribution >= 0.6 is 0 Å². The number of carbonyl (C=O) groups is 2. The van der Waals surface area contributed by atoms with Crippen molar-refractivity contribution in [2.45, 2.75) is 32.2 Å². The minimum atomic E-state index is -0.325. The summed E-state index contributed by atoms with van der Waals surface area (Å²) in [6, 6.07) is -0.325. The fourth-order valence-corrected chi connectivity index (χ4v) is 2.20. The Morgan fingerprint density at radius 2 is 2.29 bits per heavy atom. The van der Waals surface area contributed by atoms with Crippen LogP contribution in [0.3, 0.4) is 0 Å². The van der Waals surface area contributed by atoms with Crippen molar-refractivity contribution in [1.29, 1.82) is 0 Å². The highest BCUT2D eigenvalue weighted by atomic mass is 16.2. The van der Waals surface area contributed by atoms with Crippen LogP contribution in [0.25, 0.3) is 0 Å². The standard InChI is InChI=1S/C12H21N3O2/c1-2-13-11(16)7-10-12(17)15(6-5-14-10)8-9-3-4-9/h9-10,14H,2-8H2,1H3,(H,13,16). The Morgan fingerprint density at radius 3 is 2.94 bits per heavy atom. The van der Waals surface area contributed by atoms with E-state index in [9.17, 15) is 9.59 Å². The van der Waals surface area contributed by atoms with Gasteiger partial charge in [0.25, 0.3) is 0 Å². The van der Waals surface area contributed by atoms with E-state index < -0.39 is 0 Å². The average molecular weight is 239 g/mol. The van der Waals surface area contributed by atoms with Gasteiger partial charge in [-0.3, -0.25) is 9.59 Å². The Balaban J connectivity index is 1.84. The third-order valence-corrected chi connectivity index (χ3v) is 3.32. The molecule has 1 heterocycles. The molecule has 1 unspecified atom stereocenters. The summed E-state index contributed by atoms with van der Waals surface area (Å²) in [5.41, 5.74) is 0. The van der Waals surface area contributed by atoms with E-state index in [-0.39, 0.29) is 24.3 Å². The molecule has 0 aromatic carbocycles. The lowest BCUT2D eigenvalue weighted by atomic mass is 10.1. The van der Waals surface area contributed by atoms with Crippen LogP contribution in [0, 0.1) is 5.92 Å². The van der Waals surface area contributed by atoms with Gasteiger partial charge < -0.3 is 15.5 Å². The molecule has 96 valence electrons. The molecular formula is C12H21N3O2. The van der Waals surface area contributed by atoms with E-state index in [2.05, 4.69) is 10.6 Å². The Hall–Kier alpha value is -1.10. The van der Waals surface area contributed by atoms with Gasteiger partial charge in [0.15, 0.2) is 0 Å². The van der Waals surface area contributed by atoms with Crippen molar-refractivity contribution in [3.63, 3.8) is 0 Å². The minimum Gasteiger partial charge on any atom is -0.356 e. The molecule has 5 nitrogen and oxygen atoms in total. The molecule has 2 fully saturated rings. The second-order valence-corrected chi connectivity index (χ2v) is 4.89. The van der Waals surface area contributed by atoms with Crippen LogP contribution in [0.4, 0.5) is 0 Å². The van der Waals surface area contributed by atoms with Crippen molar-refractivity contribution >= 4 is 11.8 Å². The lowest BCUT2D eigenvalue weighted by Crippen LogP contribution is -2.56. The SMILES string of the molecule is CCNC(=O)CC1NCCN(CC2CC2)C1=O. The summed E-state index contributed by atoms with van der Waals surface area (Å²) in [5.74, 6) is 0.753. The van der Waals surface area contributed by atoms with E-state index in [4.69, 9.17) is 0 Å². The maximum atomic E-state index is 12.1. The van der Waals surface area contributed by atoms with Gasteiger partial charge in [-0.15, -0.1) is 0 Å². The zero-order valence-corrected chi connectivity index (χ0v) is 10.4. The van der Waals surface area contributed by atoms with E-state index >= 15 is 0 Å². The zero-order valence-electron chi connectivity index (χ0n) is 10.4. The van der Waals surface area contributed by atoms with E-state index in [1.54, 1.807) is 0 Å². The highest BCUT2D eigenvalue weighted by Crippen LogP contribution is 2.30. The summed E-state index contributed by atoms with van der Waals surface area (Å²) in [4.78, 5) is 25.5. The summed E-state index contributed by atoms with van der Waals surface area (Å²) in [6.07, 6.45) is 2.75. The maximum Gasteiger partial charge on any atom is 0.240 e. The molecule has 2 aliphatic rings. The Kier molecular flexibility index (Phi) is 3.99. The Bertz CT molecular complexity index is 302. The second-order valence-electron chi connectivity index (χ2n) is 4.89. The van der Waals surface area contributed by atoms with Crippen molar-refractivity contribution < 1.29 is 9.59 Å². The first-order valence-corrected chi connectivity index (χ1v) is 6.49. The number of amides is 2. The molecule has 1 saturated heterocycles. The molecule has 1 aliphatic heterocycles. The molecule has 0 spiro atoms. The van der Waals surface area contributed by atoms with Crippen LogP contribution in [0.1, 0.15) is 26.2 Å². The van der Waals surface area contributed by atoms with E-state index in [0.717, 1.165) is 19.6 Å². The van der Waals surface area contributed by atoms with Gasteiger partial charge in [-0.2, -0.15) is 0 Å². The zero-order chi connectivity index (χ0) is 12.3. The second kappa shape index (κ2) is 5.49. The third-order valence-electron chi connectivity index (χ3n) is 3.32. The summed E-state index contributed by atoms with van der Waals surface area (Å²) in [7, 11) is 0. The molecule has 0 radical (unpaired) electrons.